The molecule has 1 aromatic carbocycles. The molecule has 0 aromatic heterocycles. The fourth-order valence-electron chi connectivity index (χ4n) is 5.80. The van der Waals surface area contributed by atoms with E-state index in [2.05, 4.69) is 5.32 Å². The Morgan fingerprint density at radius 3 is 2.49 bits per heavy atom. The lowest BCUT2D eigenvalue weighted by molar-refractivity contribution is -0.386. The fraction of sp³-hybridized carbons (Fsp3) is 0.571. The molecule has 37 heavy (non-hydrogen) atoms. The van der Waals surface area contributed by atoms with Gasteiger partial charge in [-0.15, -0.1) is 0 Å². The smallest absolute Gasteiger partial charge is 0.337 e. The summed E-state index contributed by atoms with van der Waals surface area (Å²) in [5.74, 6) is -2.18. The van der Waals surface area contributed by atoms with Gasteiger partial charge in [0.1, 0.15) is 6.10 Å². The van der Waals surface area contributed by atoms with Crippen LogP contribution in [0.4, 0.5) is 5.69 Å². The number of rotatable bonds is 6. The first kappa shape index (κ1) is 26.7. The van der Waals surface area contributed by atoms with Crippen molar-refractivity contribution in [1.29, 1.82) is 0 Å². The zero-order valence-corrected chi connectivity index (χ0v) is 22.0. The van der Waals surface area contributed by atoms with Crippen LogP contribution in [0.25, 0.3) is 0 Å². The molecule has 0 unspecified atom stereocenters. The third kappa shape index (κ3) is 5.50. The van der Waals surface area contributed by atoms with E-state index in [1.807, 2.05) is 13.8 Å². The summed E-state index contributed by atoms with van der Waals surface area (Å²) in [7, 11) is 0. The first-order valence-electron chi connectivity index (χ1n) is 13.1. The topological polar surface area (TPSA) is 128 Å². The molecule has 9 nitrogen and oxygen atoms in total. The maximum atomic E-state index is 13.7. The molecule has 0 spiro atoms. The minimum Gasteiger partial charge on any atom is -0.500 e. The number of phenolic OH excluding ortho intramolecular Hbond substituents is 1. The number of Topliss-reactive ketones (excluding diaryl/α,β-unsaturated/α-hetero) is 1. The Kier molecular flexibility index (Phi) is 7.62. The van der Waals surface area contributed by atoms with Gasteiger partial charge < -0.3 is 19.9 Å². The highest BCUT2D eigenvalue weighted by Crippen LogP contribution is 2.49. The van der Waals surface area contributed by atoms with Crippen LogP contribution < -0.4 is 10.1 Å². The lowest BCUT2D eigenvalue weighted by atomic mass is 9.68. The molecule has 1 atom stereocenters. The predicted octanol–water partition coefficient (Wildman–Crippen LogP) is 5.57. The van der Waals surface area contributed by atoms with Crippen molar-refractivity contribution in [2.24, 2.45) is 5.41 Å². The van der Waals surface area contributed by atoms with Crippen LogP contribution in [0.1, 0.15) is 90.5 Å². The number of nitro groups is 1. The first-order chi connectivity index (χ1) is 17.5. The van der Waals surface area contributed by atoms with Crippen molar-refractivity contribution in [3.63, 3.8) is 0 Å². The van der Waals surface area contributed by atoms with Gasteiger partial charge in [-0.2, -0.15) is 0 Å². The van der Waals surface area contributed by atoms with E-state index in [9.17, 15) is 24.8 Å². The highest BCUT2D eigenvalue weighted by molar-refractivity contribution is 6.04. The van der Waals surface area contributed by atoms with Crippen LogP contribution in [-0.4, -0.2) is 34.5 Å². The quantitative estimate of drug-likeness (QED) is 0.219. The van der Waals surface area contributed by atoms with Crippen molar-refractivity contribution in [3.05, 3.63) is 50.4 Å². The molecule has 3 aliphatic rings. The highest BCUT2D eigenvalue weighted by Gasteiger charge is 2.44. The van der Waals surface area contributed by atoms with Crippen molar-refractivity contribution in [2.75, 3.05) is 6.61 Å². The average molecular weight is 513 g/mol. The summed E-state index contributed by atoms with van der Waals surface area (Å²) in [6.07, 6.45) is 6.44. The summed E-state index contributed by atoms with van der Waals surface area (Å²) in [5.41, 5.74) is 1.47. The van der Waals surface area contributed by atoms with Crippen molar-refractivity contribution in [2.45, 2.75) is 91.1 Å². The standard InChI is InChI=1S/C28H36N2O7/c1-5-36-22-13-17(12-20(26(22)32)30(34)35)24-23(27(33)37-18-10-8-6-7-9-11-18)16(2)29-19-14-28(3,4)15-21(31)25(19)24/h12-13,18,24,29,32H,5-11,14-15H2,1-4H3/t24-/m0/s1. The van der Waals surface area contributed by atoms with Crippen LogP contribution in [0.3, 0.4) is 0 Å². The minimum atomic E-state index is -0.878. The van der Waals surface area contributed by atoms with Crippen molar-refractivity contribution >= 4 is 17.4 Å². The molecule has 1 aliphatic heterocycles. The Morgan fingerprint density at radius 1 is 1.19 bits per heavy atom. The molecule has 1 saturated carbocycles. The number of nitro benzene ring substituents is 1. The Labute approximate surface area is 217 Å². The highest BCUT2D eigenvalue weighted by atomic mass is 16.6. The number of phenols is 1. The van der Waals surface area contributed by atoms with Crippen molar-refractivity contribution in [1.82, 2.24) is 5.32 Å². The summed E-state index contributed by atoms with van der Waals surface area (Å²) in [5, 5.41) is 25.6. The number of allylic oxidation sites excluding steroid dienone is 3. The maximum Gasteiger partial charge on any atom is 0.337 e. The SMILES string of the molecule is CCOc1cc([C@H]2C(C(=O)OC3CCCCCC3)=C(C)NC3=C2C(=O)CC(C)(C)C3)cc([N+](=O)[O-])c1O. The van der Waals surface area contributed by atoms with E-state index >= 15 is 0 Å². The van der Waals surface area contributed by atoms with E-state index in [1.54, 1.807) is 13.8 Å². The number of ether oxygens (including phenoxy) is 2. The number of ketones is 1. The average Bonchev–Trinajstić information content (AvgIpc) is 3.07. The summed E-state index contributed by atoms with van der Waals surface area (Å²) in [6, 6.07) is 2.73. The molecule has 1 aromatic rings. The second-order valence-electron chi connectivity index (χ2n) is 11.0. The van der Waals surface area contributed by atoms with Gasteiger partial charge in [0.25, 0.3) is 0 Å². The summed E-state index contributed by atoms with van der Waals surface area (Å²) >= 11 is 0. The van der Waals surface area contributed by atoms with Gasteiger partial charge in [0.2, 0.25) is 5.75 Å². The van der Waals surface area contributed by atoms with Crippen LogP contribution in [0.15, 0.2) is 34.7 Å². The number of benzene rings is 1. The first-order valence-corrected chi connectivity index (χ1v) is 13.1. The molecule has 1 fully saturated rings. The summed E-state index contributed by atoms with van der Waals surface area (Å²) < 4.78 is 11.5. The van der Waals surface area contributed by atoms with Gasteiger partial charge in [0.05, 0.1) is 17.1 Å². The van der Waals surface area contributed by atoms with Crippen LogP contribution in [0, 0.1) is 15.5 Å². The number of carbonyl (C=O) groups is 2. The van der Waals surface area contributed by atoms with E-state index < -0.39 is 28.2 Å². The van der Waals surface area contributed by atoms with Crippen LogP contribution in [-0.2, 0) is 14.3 Å². The third-order valence-corrected chi connectivity index (χ3v) is 7.44. The monoisotopic (exact) mass is 512 g/mol. The zero-order valence-electron chi connectivity index (χ0n) is 22.0. The zero-order chi connectivity index (χ0) is 26.9. The van der Waals surface area contributed by atoms with E-state index in [1.165, 1.54) is 12.1 Å². The lowest BCUT2D eigenvalue weighted by Gasteiger charge is -2.39. The number of dihydropyridines is 1. The molecule has 0 saturated heterocycles. The van der Waals surface area contributed by atoms with E-state index in [4.69, 9.17) is 9.47 Å². The Bertz CT molecular complexity index is 1170. The van der Waals surface area contributed by atoms with E-state index in [0.29, 0.717) is 29.0 Å². The number of hydrogen-bond acceptors (Lipinski definition) is 8. The molecular weight excluding hydrogens is 476 g/mol. The van der Waals surface area contributed by atoms with Gasteiger partial charge in [-0.3, -0.25) is 14.9 Å². The predicted molar refractivity (Wildman–Crippen MR) is 137 cm³/mol. The fourth-order valence-corrected chi connectivity index (χ4v) is 5.80. The number of aromatic hydroxyl groups is 1. The molecule has 0 radical (unpaired) electrons. The second kappa shape index (κ2) is 10.6. The molecule has 2 aliphatic carbocycles. The minimum absolute atomic E-state index is 0.0647. The third-order valence-electron chi connectivity index (χ3n) is 7.44. The molecular formula is C28H36N2O7. The number of nitrogens with one attached hydrogen (secondary N) is 1. The lowest BCUT2D eigenvalue weighted by Crippen LogP contribution is -2.39. The van der Waals surface area contributed by atoms with Gasteiger partial charge in [-0.25, -0.2) is 4.79 Å². The number of esters is 1. The molecule has 0 amide bonds. The van der Waals surface area contributed by atoms with Gasteiger partial charge in [-0.05, 0) is 63.0 Å². The normalized spacial score (nSPS) is 22.2. The Hall–Kier alpha value is -3.36. The van der Waals surface area contributed by atoms with Crippen molar-refractivity contribution in [3.8, 4) is 11.5 Å². The van der Waals surface area contributed by atoms with Gasteiger partial charge >= 0.3 is 11.7 Å². The van der Waals surface area contributed by atoms with Gasteiger partial charge in [0.15, 0.2) is 11.5 Å². The van der Waals surface area contributed by atoms with Crippen LogP contribution >= 0.6 is 0 Å². The largest absolute Gasteiger partial charge is 0.500 e. The van der Waals surface area contributed by atoms with Crippen LogP contribution in [0.2, 0.25) is 0 Å². The molecule has 1 heterocycles. The number of hydrogen-bond donors (Lipinski definition) is 2. The van der Waals surface area contributed by atoms with Gasteiger partial charge in [-0.1, -0.05) is 26.7 Å². The molecule has 2 N–H and O–H groups in total. The summed E-state index contributed by atoms with van der Waals surface area (Å²) in [4.78, 5) is 38.4. The Balaban J connectivity index is 1.86. The molecule has 200 valence electrons. The molecule has 0 bridgehead atoms. The number of carbonyl (C=O) groups excluding carboxylic acids is 2. The van der Waals surface area contributed by atoms with Crippen LogP contribution in [0.5, 0.6) is 11.5 Å². The van der Waals surface area contributed by atoms with E-state index in [0.717, 1.165) is 38.5 Å². The molecule has 4 rings (SSSR count). The Morgan fingerprint density at radius 2 is 1.86 bits per heavy atom. The second-order valence-corrected chi connectivity index (χ2v) is 11.0. The summed E-state index contributed by atoms with van der Waals surface area (Å²) in [6.45, 7) is 7.67. The number of nitrogens with zero attached hydrogens (tertiary/aromatic N) is 1. The van der Waals surface area contributed by atoms with E-state index in [-0.39, 0.29) is 41.7 Å². The van der Waals surface area contributed by atoms with Gasteiger partial charge in [0, 0.05) is 35.4 Å². The van der Waals surface area contributed by atoms with Crippen molar-refractivity contribution < 1.29 is 29.1 Å². The maximum absolute atomic E-state index is 13.7. The molecule has 9 heteroatoms.